The lowest BCUT2D eigenvalue weighted by atomic mass is 10.6. The van der Waals surface area contributed by atoms with E-state index in [1.54, 1.807) is 6.92 Å². The number of rotatable bonds is 3. The van der Waals surface area contributed by atoms with Crippen LogP contribution in [0, 0.1) is 6.61 Å². The van der Waals surface area contributed by atoms with E-state index in [1.807, 2.05) is 0 Å². The summed E-state index contributed by atoms with van der Waals surface area (Å²) in [5.74, 6) is -0.481. The summed E-state index contributed by atoms with van der Waals surface area (Å²) in [6.07, 6.45) is -0.581. The number of hydrogen-bond donors (Lipinski definition) is 0. The molecule has 0 aromatic heterocycles. The van der Waals surface area contributed by atoms with E-state index < -0.39 is 12.1 Å². The van der Waals surface area contributed by atoms with Gasteiger partial charge in [0.1, 0.15) is 13.2 Å². The summed E-state index contributed by atoms with van der Waals surface area (Å²) in [5.41, 5.74) is 0. The fourth-order valence-electron chi connectivity index (χ4n) is 0.514. The number of nitrogens with zero attached hydrogens (tertiary/aromatic N) is 1. The van der Waals surface area contributed by atoms with Crippen LogP contribution >= 0.6 is 0 Å². The summed E-state index contributed by atoms with van der Waals surface area (Å²) >= 11 is 0. The van der Waals surface area contributed by atoms with Crippen molar-refractivity contribution in [3.63, 3.8) is 0 Å². The van der Waals surface area contributed by atoms with Crippen LogP contribution in [-0.2, 0) is 14.3 Å². The first-order valence-corrected chi connectivity index (χ1v) is 3.38. The molecule has 0 spiro atoms. The summed E-state index contributed by atoms with van der Waals surface area (Å²) < 4.78 is 8.85. The third-order valence-electron chi connectivity index (χ3n) is 1.12. The van der Waals surface area contributed by atoms with E-state index in [1.165, 1.54) is 20.8 Å². The van der Waals surface area contributed by atoms with Crippen LogP contribution in [0.5, 0.6) is 0 Å². The molecule has 0 heterocycles. The van der Waals surface area contributed by atoms with Crippen molar-refractivity contribution in [3.8, 4) is 0 Å². The van der Waals surface area contributed by atoms with E-state index in [4.69, 9.17) is 0 Å². The molecule has 1 radical (unpaired) electrons. The number of ether oxygens (including phenoxy) is 2. The number of esters is 1. The van der Waals surface area contributed by atoms with Gasteiger partial charge in [-0.15, -0.1) is 0 Å². The lowest BCUT2D eigenvalue weighted by Crippen LogP contribution is -2.32. The average Bonchev–Trinajstić information content (AvgIpc) is 2.04. The van der Waals surface area contributed by atoms with Crippen LogP contribution in [0.25, 0.3) is 0 Å². The van der Waals surface area contributed by atoms with Crippen molar-refractivity contribution in [1.82, 2.24) is 4.90 Å². The average molecular weight is 174 g/mol. The van der Waals surface area contributed by atoms with Gasteiger partial charge in [0.05, 0.1) is 7.11 Å². The van der Waals surface area contributed by atoms with Crippen molar-refractivity contribution < 1.29 is 19.1 Å². The SMILES string of the molecule is C[CH]OC(=O)N(C)CC(=O)OC. The largest absolute Gasteiger partial charge is 0.468 e. The van der Waals surface area contributed by atoms with E-state index in [0.717, 1.165) is 4.90 Å². The Morgan fingerprint density at radius 1 is 1.50 bits per heavy atom. The maximum absolute atomic E-state index is 10.9. The molecule has 5 heteroatoms. The highest BCUT2D eigenvalue weighted by Gasteiger charge is 2.13. The molecule has 0 N–H and O–H groups in total. The fourth-order valence-corrected chi connectivity index (χ4v) is 0.514. The molecule has 1 amide bonds. The molecule has 69 valence electrons. The zero-order chi connectivity index (χ0) is 9.56. The van der Waals surface area contributed by atoms with E-state index >= 15 is 0 Å². The second kappa shape index (κ2) is 5.40. The molecule has 0 bridgehead atoms. The van der Waals surface area contributed by atoms with Gasteiger partial charge < -0.3 is 14.4 Å². The highest BCUT2D eigenvalue weighted by atomic mass is 16.6. The molecular weight excluding hydrogens is 162 g/mol. The number of likely N-dealkylation sites (N-methyl/N-ethyl adjacent to an activating group) is 1. The number of hydrogen-bond acceptors (Lipinski definition) is 4. The maximum atomic E-state index is 10.9. The number of carbonyl (C=O) groups is 2. The Balaban J connectivity index is 3.78. The lowest BCUT2D eigenvalue weighted by Gasteiger charge is -2.13. The van der Waals surface area contributed by atoms with Crippen molar-refractivity contribution in [2.24, 2.45) is 0 Å². The summed E-state index contributed by atoms with van der Waals surface area (Å²) in [6.45, 7) is 2.71. The van der Waals surface area contributed by atoms with Gasteiger partial charge >= 0.3 is 12.1 Å². The minimum absolute atomic E-state index is 0.108. The van der Waals surface area contributed by atoms with Crippen molar-refractivity contribution in [3.05, 3.63) is 6.61 Å². The molecule has 0 aromatic carbocycles. The molecule has 0 saturated heterocycles. The van der Waals surface area contributed by atoms with Gasteiger partial charge in [0.2, 0.25) is 0 Å². The van der Waals surface area contributed by atoms with Gasteiger partial charge in [-0.25, -0.2) is 4.79 Å². The Kier molecular flexibility index (Phi) is 4.83. The molecule has 0 rings (SSSR count). The Labute approximate surface area is 71.2 Å². The first-order valence-electron chi connectivity index (χ1n) is 3.38. The Morgan fingerprint density at radius 2 is 2.08 bits per heavy atom. The second-order valence-corrected chi connectivity index (χ2v) is 2.05. The first kappa shape index (κ1) is 10.7. The predicted octanol–water partition coefficient (Wildman–Crippen LogP) is 0.409. The molecule has 0 fully saturated rings. The van der Waals surface area contributed by atoms with E-state index in [2.05, 4.69) is 9.47 Å². The third-order valence-corrected chi connectivity index (χ3v) is 1.12. The molecule has 0 aromatic rings. The highest BCUT2D eigenvalue weighted by Crippen LogP contribution is 1.92. The quantitative estimate of drug-likeness (QED) is 0.581. The molecule has 0 unspecified atom stereocenters. The van der Waals surface area contributed by atoms with Crippen LogP contribution in [0.15, 0.2) is 0 Å². The summed E-state index contributed by atoms with van der Waals surface area (Å²) in [5, 5.41) is 0. The van der Waals surface area contributed by atoms with Gasteiger partial charge in [0.15, 0.2) is 0 Å². The Bertz CT molecular complexity index is 169. The van der Waals surface area contributed by atoms with Crippen LogP contribution in [0.1, 0.15) is 6.92 Å². The molecule has 0 atom stereocenters. The zero-order valence-corrected chi connectivity index (χ0v) is 7.36. The van der Waals surface area contributed by atoms with Crippen molar-refractivity contribution in [1.29, 1.82) is 0 Å². The van der Waals surface area contributed by atoms with Crippen molar-refractivity contribution in [2.45, 2.75) is 6.92 Å². The monoisotopic (exact) mass is 174 g/mol. The number of methoxy groups -OCH3 is 1. The van der Waals surface area contributed by atoms with Crippen molar-refractivity contribution >= 4 is 12.1 Å². The molecule has 0 saturated carbocycles. The summed E-state index contributed by atoms with van der Waals surface area (Å²) in [7, 11) is 2.70. The van der Waals surface area contributed by atoms with E-state index in [0.29, 0.717) is 0 Å². The second-order valence-electron chi connectivity index (χ2n) is 2.05. The van der Waals surface area contributed by atoms with Crippen LogP contribution in [0.3, 0.4) is 0 Å². The van der Waals surface area contributed by atoms with Gasteiger partial charge in [-0.3, -0.25) is 4.79 Å². The molecule has 0 aliphatic heterocycles. The standard InChI is InChI=1S/C7H12NO4/c1-4-12-7(10)8(2)5-6(9)11-3/h4H,5H2,1-3H3. The van der Waals surface area contributed by atoms with Crippen LogP contribution in [-0.4, -0.2) is 37.7 Å². The normalized spacial score (nSPS) is 8.92. The van der Waals surface area contributed by atoms with Gasteiger partial charge in [-0.05, 0) is 6.92 Å². The Hall–Kier alpha value is -1.26. The highest BCUT2D eigenvalue weighted by molar-refractivity contribution is 5.77. The minimum Gasteiger partial charge on any atom is -0.468 e. The maximum Gasteiger partial charge on any atom is 0.410 e. The zero-order valence-electron chi connectivity index (χ0n) is 7.36. The van der Waals surface area contributed by atoms with Crippen LogP contribution in [0.4, 0.5) is 4.79 Å². The number of amides is 1. The molecule has 0 aliphatic rings. The molecule has 0 aliphatic carbocycles. The van der Waals surface area contributed by atoms with E-state index in [9.17, 15) is 9.59 Å². The third kappa shape index (κ3) is 3.80. The summed E-state index contributed by atoms with van der Waals surface area (Å²) in [4.78, 5) is 22.6. The first-order chi connectivity index (χ1) is 5.61. The predicted molar refractivity (Wildman–Crippen MR) is 41.1 cm³/mol. The van der Waals surface area contributed by atoms with E-state index in [-0.39, 0.29) is 6.54 Å². The molecule has 5 nitrogen and oxygen atoms in total. The van der Waals surface area contributed by atoms with Gasteiger partial charge in [-0.1, -0.05) is 0 Å². The topological polar surface area (TPSA) is 55.8 Å². The van der Waals surface area contributed by atoms with Crippen molar-refractivity contribution in [2.75, 3.05) is 20.7 Å². The fraction of sp³-hybridized carbons (Fsp3) is 0.571. The summed E-state index contributed by atoms with van der Waals surface area (Å²) in [6, 6.07) is 0. The molecular formula is C7H12NO4. The van der Waals surface area contributed by atoms with Gasteiger partial charge in [0, 0.05) is 7.05 Å². The lowest BCUT2D eigenvalue weighted by molar-refractivity contribution is -0.141. The minimum atomic E-state index is -0.581. The van der Waals surface area contributed by atoms with Gasteiger partial charge in [0.25, 0.3) is 0 Å². The molecule has 12 heavy (non-hydrogen) atoms. The Morgan fingerprint density at radius 3 is 2.50 bits per heavy atom. The van der Waals surface area contributed by atoms with Crippen LogP contribution in [0.2, 0.25) is 0 Å². The smallest absolute Gasteiger partial charge is 0.410 e. The van der Waals surface area contributed by atoms with Gasteiger partial charge in [-0.2, -0.15) is 0 Å². The number of carbonyl (C=O) groups excluding carboxylic acids is 2. The van der Waals surface area contributed by atoms with Crippen LogP contribution < -0.4 is 0 Å².